The number of carbonyl (C=O) groups is 1. The molecule has 2 fully saturated rings. The zero-order chi connectivity index (χ0) is 11.7. The maximum atomic E-state index is 11.6. The van der Waals surface area contributed by atoms with Crippen molar-refractivity contribution >= 4 is 5.78 Å². The van der Waals surface area contributed by atoms with Crippen molar-refractivity contribution in [3.63, 3.8) is 0 Å². The first-order valence-corrected chi connectivity index (χ1v) is 6.62. The third-order valence-electron chi connectivity index (χ3n) is 3.98. The first-order valence-electron chi connectivity index (χ1n) is 6.62. The van der Waals surface area contributed by atoms with Crippen LogP contribution in [0.2, 0.25) is 0 Å². The molecule has 1 heterocycles. The van der Waals surface area contributed by atoms with E-state index in [9.17, 15) is 4.79 Å². The van der Waals surface area contributed by atoms with Gasteiger partial charge in [0.2, 0.25) is 0 Å². The Kier molecular flexibility index (Phi) is 2.98. The summed E-state index contributed by atoms with van der Waals surface area (Å²) in [6.07, 6.45) is 4.18. The van der Waals surface area contributed by atoms with Gasteiger partial charge in [0.15, 0.2) is 0 Å². The largest absolute Gasteiger partial charge is 0.300 e. The minimum atomic E-state index is 0.464. The van der Waals surface area contributed by atoms with E-state index in [1.807, 2.05) is 0 Å². The molecule has 0 N–H and O–H groups in total. The van der Waals surface area contributed by atoms with Crippen molar-refractivity contribution in [1.29, 1.82) is 0 Å². The lowest BCUT2D eigenvalue weighted by atomic mass is 9.96. The molecule has 1 aromatic carbocycles. The molecule has 1 saturated heterocycles. The van der Waals surface area contributed by atoms with Gasteiger partial charge in [0.1, 0.15) is 5.78 Å². The molecule has 1 unspecified atom stereocenters. The standard InChI is InChI=1S/C15H19NO/c17-14-8-9-16(15(10-14)13-6-7-13)11-12-4-2-1-3-5-12/h1-5,13,15H,6-11H2. The molecular formula is C15H19NO. The molecule has 17 heavy (non-hydrogen) atoms. The zero-order valence-electron chi connectivity index (χ0n) is 10.1. The van der Waals surface area contributed by atoms with Crippen LogP contribution in [-0.4, -0.2) is 23.3 Å². The van der Waals surface area contributed by atoms with E-state index in [-0.39, 0.29) is 0 Å². The highest BCUT2D eigenvalue weighted by atomic mass is 16.1. The van der Waals surface area contributed by atoms with E-state index in [0.29, 0.717) is 11.8 Å². The summed E-state index contributed by atoms with van der Waals surface area (Å²) in [5.74, 6) is 1.26. The highest BCUT2D eigenvalue weighted by molar-refractivity contribution is 5.80. The molecule has 1 saturated carbocycles. The number of rotatable bonds is 3. The smallest absolute Gasteiger partial charge is 0.135 e. The van der Waals surface area contributed by atoms with Gasteiger partial charge in [-0.2, -0.15) is 0 Å². The van der Waals surface area contributed by atoms with Crippen molar-refractivity contribution in [1.82, 2.24) is 4.90 Å². The Balaban J connectivity index is 1.70. The first kappa shape index (κ1) is 11.0. The summed E-state index contributed by atoms with van der Waals surface area (Å²) in [6.45, 7) is 1.96. The van der Waals surface area contributed by atoms with Gasteiger partial charge in [0.25, 0.3) is 0 Å². The van der Waals surface area contributed by atoms with E-state index in [1.54, 1.807) is 0 Å². The van der Waals surface area contributed by atoms with Crippen LogP contribution in [0.1, 0.15) is 31.2 Å². The van der Waals surface area contributed by atoms with Gasteiger partial charge in [0, 0.05) is 32.0 Å². The number of nitrogens with zero attached hydrogens (tertiary/aromatic N) is 1. The number of hydrogen-bond donors (Lipinski definition) is 0. The molecule has 0 amide bonds. The Morgan fingerprint density at radius 2 is 1.94 bits per heavy atom. The maximum absolute atomic E-state index is 11.6. The van der Waals surface area contributed by atoms with E-state index in [2.05, 4.69) is 35.2 Å². The molecule has 1 aromatic rings. The van der Waals surface area contributed by atoms with Crippen LogP contribution in [0.5, 0.6) is 0 Å². The van der Waals surface area contributed by atoms with Gasteiger partial charge >= 0.3 is 0 Å². The molecule has 0 aromatic heterocycles. The van der Waals surface area contributed by atoms with E-state index < -0.39 is 0 Å². The number of Topliss-reactive ketones (excluding diaryl/α,β-unsaturated/α-hetero) is 1. The third-order valence-corrected chi connectivity index (χ3v) is 3.98. The normalized spacial score (nSPS) is 26.1. The predicted molar refractivity (Wildman–Crippen MR) is 67.6 cm³/mol. The minimum Gasteiger partial charge on any atom is -0.300 e. The number of ketones is 1. The minimum absolute atomic E-state index is 0.464. The molecule has 0 radical (unpaired) electrons. The Morgan fingerprint density at radius 3 is 2.65 bits per heavy atom. The Morgan fingerprint density at radius 1 is 1.18 bits per heavy atom. The summed E-state index contributed by atoms with van der Waals surface area (Å²) in [5.41, 5.74) is 1.37. The van der Waals surface area contributed by atoms with Gasteiger partial charge < -0.3 is 0 Å². The number of benzene rings is 1. The average Bonchev–Trinajstić information content (AvgIpc) is 3.17. The summed E-state index contributed by atoms with van der Waals surface area (Å²) in [5, 5.41) is 0. The summed E-state index contributed by atoms with van der Waals surface area (Å²) in [4.78, 5) is 14.1. The fourth-order valence-corrected chi connectivity index (χ4v) is 2.86. The predicted octanol–water partition coefficient (Wildman–Crippen LogP) is 2.63. The van der Waals surface area contributed by atoms with Crippen molar-refractivity contribution < 1.29 is 4.79 Å². The van der Waals surface area contributed by atoms with Crippen LogP contribution >= 0.6 is 0 Å². The quantitative estimate of drug-likeness (QED) is 0.794. The molecule has 2 aliphatic rings. The van der Waals surface area contributed by atoms with Crippen LogP contribution < -0.4 is 0 Å². The van der Waals surface area contributed by atoms with Crippen LogP contribution in [0, 0.1) is 5.92 Å². The second-order valence-corrected chi connectivity index (χ2v) is 5.35. The number of likely N-dealkylation sites (tertiary alicyclic amines) is 1. The van der Waals surface area contributed by atoms with E-state index in [4.69, 9.17) is 0 Å². The Hall–Kier alpha value is -1.15. The van der Waals surface area contributed by atoms with Gasteiger partial charge in [-0.05, 0) is 24.3 Å². The number of carbonyl (C=O) groups excluding carboxylic acids is 1. The number of piperidine rings is 1. The van der Waals surface area contributed by atoms with Crippen LogP contribution in [0.4, 0.5) is 0 Å². The zero-order valence-corrected chi connectivity index (χ0v) is 10.1. The lowest BCUT2D eigenvalue weighted by Crippen LogP contribution is -2.43. The van der Waals surface area contributed by atoms with Crippen LogP contribution in [0.3, 0.4) is 0 Å². The lowest BCUT2D eigenvalue weighted by molar-refractivity contribution is -0.123. The molecule has 0 spiro atoms. The Labute approximate surface area is 103 Å². The fraction of sp³-hybridized carbons (Fsp3) is 0.533. The van der Waals surface area contributed by atoms with Crippen molar-refractivity contribution in [3.8, 4) is 0 Å². The van der Waals surface area contributed by atoms with Gasteiger partial charge in [-0.25, -0.2) is 0 Å². The fourth-order valence-electron chi connectivity index (χ4n) is 2.86. The summed E-state index contributed by atoms with van der Waals surface area (Å²) < 4.78 is 0. The second-order valence-electron chi connectivity index (χ2n) is 5.35. The van der Waals surface area contributed by atoms with Gasteiger partial charge in [-0.1, -0.05) is 30.3 Å². The molecule has 90 valence electrons. The van der Waals surface area contributed by atoms with E-state index in [0.717, 1.165) is 31.8 Å². The first-order chi connectivity index (χ1) is 8.33. The van der Waals surface area contributed by atoms with Crippen molar-refractivity contribution in [2.75, 3.05) is 6.54 Å². The molecule has 2 heteroatoms. The molecule has 1 aliphatic carbocycles. The topological polar surface area (TPSA) is 20.3 Å². The SMILES string of the molecule is O=C1CCN(Cc2ccccc2)C(C2CC2)C1. The van der Waals surface area contributed by atoms with Crippen LogP contribution in [-0.2, 0) is 11.3 Å². The maximum Gasteiger partial charge on any atom is 0.135 e. The van der Waals surface area contributed by atoms with Gasteiger partial charge in [-0.15, -0.1) is 0 Å². The van der Waals surface area contributed by atoms with Crippen molar-refractivity contribution in [2.45, 2.75) is 38.3 Å². The van der Waals surface area contributed by atoms with Gasteiger partial charge in [0.05, 0.1) is 0 Å². The average molecular weight is 229 g/mol. The molecule has 2 nitrogen and oxygen atoms in total. The number of hydrogen-bond acceptors (Lipinski definition) is 2. The molecular weight excluding hydrogens is 210 g/mol. The summed E-state index contributed by atoms with van der Waals surface area (Å²) in [7, 11) is 0. The highest BCUT2D eigenvalue weighted by Gasteiger charge is 2.38. The molecule has 3 rings (SSSR count). The van der Waals surface area contributed by atoms with E-state index in [1.165, 1.54) is 18.4 Å². The summed E-state index contributed by atoms with van der Waals surface area (Å²) in [6, 6.07) is 11.1. The van der Waals surface area contributed by atoms with E-state index >= 15 is 0 Å². The molecule has 1 atom stereocenters. The molecule has 0 bridgehead atoms. The Bertz CT molecular complexity index is 397. The second kappa shape index (κ2) is 4.61. The van der Waals surface area contributed by atoms with Crippen LogP contribution in [0.15, 0.2) is 30.3 Å². The molecule has 1 aliphatic heterocycles. The summed E-state index contributed by atoms with van der Waals surface area (Å²) >= 11 is 0. The monoisotopic (exact) mass is 229 g/mol. The highest BCUT2D eigenvalue weighted by Crippen LogP contribution is 2.39. The van der Waals surface area contributed by atoms with Crippen molar-refractivity contribution in [3.05, 3.63) is 35.9 Å². The van der Waals surface area contributed by atoms with Gasteiger partial charge in [-0.3, -0.25) is 9.69 Å². The third kappa shape index (κ3) is 2.58. The lowest BCUT2D eigenvalue weighted by Gasteiger charge is -2.35. The van der Waals surface area contributed by atoms with Crippen molar-refractivity contribution in [2.24, 2.45) is 5.92 Å². The van der Waals surface area contributed by atoms with Crippen LogP contribution in [0.25, 0.3) is 0 Å².